The summed E-state index contributed by atoms with van der Waals surface area (Å²) in [5.41, 5.74) is 0. The van der Waals surface area contributed by atoms with Crippen LogP contribution in [-0.4, -0.2) is 54.9 Å². The molecule has 5 atom stereocenters. The van der Waals surface area contributed by atoms with Crippen molar-refractivity contribution in [3.8, 4) is 0 Å². The second kappa shape index (κ2) is 6.12. The van der Waals surface area contributed by atoms with Gasteiger partial charge in [0.2, 0.25) is 0 Å². The largest absolute Gasteiger partial charge is 0.460 e. The summed E-state index contributed by atoms with van der Waals surface area (Å²) in [4.78, 5) is 21.8. The van der Waals surface area contributed by atoms with E-state index in [0.717, 1.165) is 0 Å². The van der Waals surface area contributed by atoms with E-state index >= 15 is 0 Å². The molecule has 0 aliphatic carbocycles. The van der Waals surface area contributed by atoms with Crippen molar-refractivity contribution >= 4 is 11.9 Å². The van der Waals surface area contributed by atoms with Crippen LogP contribution in [0.2, 0.25) is 0 Å². The Balaban J connectivity index is 2.76. The highest BCUT2D eigenvalue weighted by atomic mass is 16.7. The molecular formula is C11H18O7. The van der Waals surface area contributed by atoms with Crippen LogP contribution in [0.1, 0.15) is 20.8 Å². The number of hydrogen-bond acceptors (Lipinski definition) is 7. The van der Waals surface area contributed by atoms with Crippen LogP contribution in [0.4, 0.5) is 0 Å². The van der Waals surface area contributed by atoms with Crippen molar-refractivity contribution in [2.24, 2.45) is 0 Å². The molecule has 0 aromatic rings. The third-order valence-electron chi connectivity index (χ3n) is 2.61. The fourth-order valence-electron chi connectivity index (χ4n) is 1.96. The molecule has 1 rings (SSSR count). The van der Waals surface area contributed by atoms with Gasteiger partial charge in [0, 0.05) is 21.0 Å². The molecule has 1 unspecified atom stereocenters. The van der Waals surface area contributed by atoms with Crippen molar-refractivity contribution in [3.05, 3.63) is 0 Å². The van der Waals surface area contributed by atoms with E-state index in [0.29, 0.717) is 0 Å². The normalized spacial score (nSPS) is 32.9. The third kappa shape index (κ3) is 3.41. The first-order valence-corrected chi connectivity index (χ1v) is 5.57. The highest BCUT2D eigenvalue weighted by Gasteiger charge is 2.49. The zero-order valence-electron chi connectivity index (χ0n) is 10.8. The molecule has 7 heteroatoms. The van der Waals surface area contributed by atoms with Crippen molar-refractivity contribution in [1.82, 2.24) is 0 Å². The second-order valence-electron chi connectivity index (χ2n) is 4.08. The van der Waals surface area contributed by atoms with Gasteiger partial charge in [0.15, 0.2) is 12.4 Å². The lowest BCUT2D eigenvalue weighted by atomic mass is 10.1. The van der Waals surface area contributed by atoms with E-state index in [1.54, 1.807) is 6.92 Å². The Hall–Kier alpha value is -1.18. The fraction of sp³-hybridized carbons (Fsp3) is 0.818. The number of carbonyl (C=O) groups is 2. The van der Waals surface area contributed by atoms with E-state index in [1.807, 2.05) is 0 Å². The Bertz CT molecular complexity index is 317. The number of methoxy groups -OCH3 is 1. The maximum Gasteiger partial charge on any atom is 0.303 e. The molecule has 0 spiro atoms. The van der Waals surface area contributed by atoms with Crippen LogP contribution in [0.25, 0.3) is 0 Å². The number of ether oxygens (including phenoxy) is 4. The maximum atomic E-state index is 10.9. The summed E-state index contributed by atoms with van der Waals surface area (Å²) in [6.07, 6.45) is -4.25. The summed E-state index contributed by atoms with van der Waals surface area (Å²) < 4.78 is 20.3. The summed E-state index contributed by atoms with van der Waals surface area (Å²) in [6.45, 7) is 4.11. The minimum Gasteiger partial charge on any atom is -0.460 e. The number of aliphatic hydroxyl groups excluding tert-OH is 1. The molecule has 1 fully saturated rings. The monoisotopic (exact) mass is 262 g/mol. The van der Waals surface area contributed by atoms with Gasteiger partial charge in [-0.25, -0.2) is 0 Å². The summed E-state index contributed by atoms with van der Waals surface area (Å²) in [6, 6.07) is 0. The van der Waals surface area contributed by atoms with Crippen LogP contribution in [-0.2, 0) is 28.5 Å². The maximum absolute atomic E-state index is 10.9. The number of rotatable bonds is 4. The lowest BCUT2D eigenvalue weighted by Crippen LogP contribution is -2.42. The zero-order valence-corrected chi connectivity index (χ0v) is 10.8. The summed E-state index contributed by atoms with van der Waals surface area (Å²) >= 11 is 0. The Labute approximate surface area is 105 Å². The predicted octanol–water partition coefficient (Wildman–Crippen LogP) is -0.398. The van der Waals surface area contributed by atoms with E-state index in [9.17, 15) is 14.7 Å². The first-order valence-electron chi connectivity index (χ1n) is 5.57. The fourth-order valence-corrected chi connectivity index (χ4v) is 1.96. The molecule has 0 saturated carbocycles. The minimum atomic E-state index is -1.30. The van der Waals surface area contributed by atoms with Gasteiger partial charge in [0.1, 0.15) is 18.3 Å². The summed E-state index contributed by atoms with van der Waals surface area (Å²) in [5, 5.41) is 9.67. The molecular weight excluding hydrogens is 244 g/mol. The van der Waals surface area contributed by atoms with Gasteiger partial charge in [-0.05, 0) is 6.92 Å². The van der Waals surface area contributed by atoms with E-state index in [2.05, 4.69) is 0 Å². The smallest absolute Gasteiger partial charge is 0.303 e. The minimum absolute atomic E-state index is 0.466. The van der Waals surface area contributed by atoms with Gasteiger partial charge in [0.25, 0.3) is 0 Å². The SMILES string of the molecule is CO[C@H]1[C@@H]([C@@H](C)OC(C)=O)OC(O)[C@H]1OC(C)=O. The lowest BCUT2D eigenvalue weighted by molar-refractivity contribution is -0.176. The molecule has 0 aromatic heterocycles. The van der Waals surface area contributed by atoms with E-state index < -0.39 is 42.6 Å². The number of carbonyl (C=O) groups excluding carboxylic acids is 2. The van der Waals surface area contributed by atoms with Gasteiger partial charge in [-0.2, -0.15) is 0 Å². The van der Waals surface area contributed by atoms with Crippen molar-refractivity contribution in [2.75, 3.05) is 7.11 Å². The van der Waals surface area contributed by atoms with E-state index in [1.165, 1.54) is 21.0 Å². The van der Waals surface area contributed by atoms with Crippen LogP contribution >= 0.6 is 0 Å². The molecule has 0 bridgehead atoms. The Kier molecular flexibility index (Phi) is 5.06. The Morgan fingerprint density at radius 3 is 2.28 bits per heavy atom. The van der Waals surface area contributed by atoms with Gasteiger partial charge in [-0.15, -0.1) is 0 Å². The average Bonchev–Trinajstić information content (AvgIpc) is 2.54. The molecule has 104 valence electrons. The van der Waals surface area contributed by atoms with Crippen LogP contribution in [0.5, 0.6) is 0 Å². The summed E-state index contributed by atoms with van der Waals surface area (Å²) in [7, 11) is 1.40. The van der Waals surface area contributed by atoms with E-state index in [-0.39, 0.29) is 0 Å². The first kappa shape index (κ1) is 14.9. The molecule has 18 heavy (non-hydrogen) atoms. The van der Waals surface area contributed by atoms with Crippen molar-refractivity contribution < 1.29 is 33.6 Å². The quantitative estimate of drug-likeness (QED) is 0.689. The first-order chi connectivity index (χ1) is 8.36. The Morgan fingerprint density at radius 2 is 1.83 bits per heavy atom. The molecule has 1 aliphatic heterocycles. The van der Waals surface area contributed by atoms with Gasteiger partial charge in [-0.1, -0.05) is 0 Å². The van der Waals surface area contributed by atoms with Crippen molar-refractivity contribution in [3.63, 3.8) is 0 Å². The van der Waals surface area contributed by atoms with Crippen molar-refractivity contribution in [2.45, 2.75) is 51.5 Å². The van der Waals surface area contributed by atoms with Gasteiger partial charge in [-0.3, -0.25) is 9.59 Å². The molecule has 0 amide bonds. The highest BCUT2D eigenvalue weighted by Crippen LogP contribution is 2.28. The van der Waals surface area contributed by atoms with Crippen molar-refractivity contribution in [1.29, 1.82) is 0 Å². The standard InChI is InChI=1S/C11H18O7/c1-5(16-6(2)12)8-9(15-4)10(11(14)18-8)17-7(3)13/h5,8-11,14H,1-4H3/t5-,8-,9+,10+,11?/m1/s1. The van der Waals surface area contributed by atoms with Crippen LogP contribution in [0.15, 0.2) is 0 Å². The molecule has 1 heterocycles. The topological polar surface area (TPSA) is 91.3 Å². The number of aliphatic hydroxyl groups is 1. The van der Waals surface area contributed by atoms with Gasteiger partial charge < -0.3 is 24.1 Å². The van der Waals surface area contributed by atoms with Crippen LogP contribution < -0.4 is 0 Å². The zero-order chi connectivity index (χ0) is 13.9. The number of esters is 2. The molecule has 0 aromatic carbocycles. The van der Waals surface area contributed by atoms with Crippen LogP contribution in [0, 0.1) is 0 Å². The molecule has 7 nitrogen and oxygen atoms in total. The summed E-state index contributed by atoms with van der Waals surface area (Å²) in [5.74, 6) is -1.02. The molecule has 1 saturated heterocycles. The lowest BCUT2D eigenvalue weighted by Gasteiger charge is -2.24. The molecule has 1 aliphatic rings. The van der Waals surface area contributed by atoms with Gasteiger partial charge >= 0.3 is 11.9 Å². The molecule has 1 N–H and O–H groups in total. The number of hydrogen-bond donors (Lipinski definition) is 1. The molecule has 0 radical (unpaired) electrons. The highest BCUT2D eigenvalue weighted by molar-refractivity contribution is 5.66. The average molecular weight is 262 g/mol. The Morgan fingerprint density at radius 1 is 1.22 bits per heavy atom. The predicted molar refractivity (Wildman–Crippen MR) is 58.5 cm³/mol. The van der Waals surface area contributed by atoms with E-state index in [4.69, 9.17) is 18.9 Å². The van der Waals surface area contributed by atoms with Crippen LogP contribution in [0.3, 0.4) is 0 Å². The second-order valence-corrected chi connectivity index (χ2v) is 4.08. The third-order valence-corrected chi connectivity index (χ3v) is 2.61. The van der Waals surface area contributed by atoms with Gasteiger partial charge in [0.05, 0.1) is 0 Å².